The Hall–Kier alpha value is -2.87. The molecule has 0 amide bonds. The molecule has 0 radical (unpaired) electrons. The molecule has 3 aromatic rings. The first-order chi connectivity index (χ1) is 8.79. The minimum atomic E-state index is 0.338. The van der Waals surface area contributed by atoms with Crippen LogP contribution in [-0.2, 0) is 0 Å². The highest BCUT2D eigenvalue weighted by Crippen LogP contribution is 2.21. The zero-order chi connectivity index (χ0) is 12.5. The van der Waals surface area contributed by atoms with Crippen molar-refractivity contribution in [3.8, 4) is 11.8 Å². The van der Waals surface area contributed by atoms with E-state index < -0.39 is 0 Å². The first-order valence-corrected chi connectivity index (χ1v) is 5.38. The SMILES string of the molecule is N#Cc1ncccc1-n1ncc2ccc(N)cc21. The van der Waals surface area contributed by atoms with E-state index in [1.54, 1.807) is 29.2 Å². The monoisotopic (exact) mass is 235 g/mol. The van der Waals surface area contributed by atoms with Gasteiger partial charge in [0.25, 0.3) is 0 Å². The lowest BCUT2D eigenvalue weighted by molar-refractivity contribution is 0.898. The van der Waals surface area contributed by atoms with Crippen LogP contribution in [0.25, 0.3) is 16.6 Å². The Morgan fingerprint density at radius 3 is 3.00 bits per heavy atom. The quantitative estimate of drug-likeness (QED) is 0.653. The molecule has 0 spiro atoms. The summed E-state index contributed by atoms with van der Waals surface area (Å²) in [4.78, 5) is 4.03. The minimum Gasteiger partial charge on any atom is -0.399 e. The van der Waals surface area contributed by atoms with Crippen molar-refractivity contribution in [2.45, 2.75) is 0 Å². The molecular weight excluding hydrogens is 226 g/mol. The van der Waals surface area contributed by atoms with Gasteiger partial charge in [-0.15, -0.1) is 0 Å². The molecule has 0 atom stereocenters. The lowest BCUT2D eigenvalue weighted by Crippen LogP contribution is -2.01. The zero-order valence-electron chi connectivity index (χ0n) is 9.41. The Bertz CT molecular complexity index is 766. The van der Waals surface area contributed by atoms with Gasteiger partial charge in [0.05, 0.1) is 11.7 Å². The molecule has 86 valence electrons. The van der Waals surface area contributed by atoms with Crippen LogP contribution in [0.1, 0.15) is 5.69 Å². The number of benzene rings is 1. The third kappa shape index (κ3) is 1.48. The van der Waals surface area contributed by atoms with Gasteiger partial charge in [0.2, 0.25) is 0 Å². The minimum absolute atomic E-state index is 0.338. The second-order valence-electron chi connectivity index (χ2n) is 3.86. The lowest BCUT2D eigenvalue weighted by Gasteiger charge is -2.04. The Morgan fingerprint density at radius 2 is 2.17 bits per heavy atom. The van der Waals surface area contributed by atoms with Crippen LogP contribution in [0.3, 0.4) is 0 Å². The van der Waals surface area contributed by atoms with Gasteiger partial charge in [0.15, 0.2) is 5.69 Å². The number of nitrogen functional groups attached to an aromatic ring is 1. The van der Waals surface area contributed by atoms with Crippen LogP contribution in [0.4, 0.5) is 5.69 Å². The molecule has 0 unspecified atom stereocenters. The van der Waals surface area contributed by atoms with E-state index in [1.165, 1.54) is 0 Å². The number of nitriles is 1. The van der Waals surface area contributed by atoms with Gasteiger partial charge in [0, 0.05) is 17.3 Å². The van der Waals surface area contributed by atoms with Gasteiger partial charge in [-0.1, -0.05) is 0 Å². The standard InChI is InChI=1S/C13H9N5/c14-7-11-12(2-1-5-16-11)18-13-6-10(15)4-3-9(13)8-17-18/h1-6,8H,15H2. The molecule has 3 rings (SSSR count). The van der Waals surface area contributed by atoms with Crippen molar-refractivity contribution in [2.24, 2.45) is 0 Å². The average molecular weight is 235 g/mol. The van der Waals surface area contributed by atoms with Crippen molar-refractivity contribution in [1.82, 2.24) is 14.8 Å². The maximum Gasteiger partial charge on any atom is 0.166 e. The molecule has 5 heteroatoms. The highest BCUT2D eigenvalue weighted by molar-refractivity contribution is 5.83. The molecule has 18 heavy (non-hydrogen) atoms. The third-order valence-electron chi connectivity index (χ3n) is 2.72. The lowest BCUT2D eigenvalue weighted by atomic mass is 10.2. The summed E-state index contributed by atoms with van der Waals surface area (Å²) >= 11 is 0. The molecule has 0 aliphatic heterocycles. The summed E-state index contributed by atoms with van der Waals surface area (Å²) in [6, 6.07) is 11.2. The normalized spacial score (nSPS) is 10.4. The number of fused-ring (bicyclic) bond motifs is 1. The molecule has 0 fully saturated rings. The van der Waals surface area contributed by atoms with Gasteiger partial charge in [0.1, 0.15) is 11.8 Å². The number of hydrogen-bond donors (Lipinski definition) is 1. The van der Waals surface area contributed by atoms with Gasteiger partial charge < -0.3 is 5.73 Å². The first kappa shape index (κ1) is 10.3. The molecular formula is C13H9N5. The zero-order valence-corrected chi connectivity index (χ0v) is 9.41. The molecule has 5 nitrogen and oxygen atoms in total. The van der Waals surface area contributed by atoms with Crippen LogP contribution in [0.2, 0.25) is 0 Å². The Morgan fingerprint density at radius 1 is 1.28 bits per heavy atom. The fourth-order valence-corrected chi connectivity index (χ4v) is 1.88. The summed E-state index contributed by atoms with van der Waals surface area (Å²) in [5.74, 6) is 0. The Labute approximate surface area is 103 Å². The van der Waals surface area contributed by atoms with Gasteiger partial charge >= 0.3 is 0 Å². The van der Waals surface area contributed by atoms with E-state index in [0.717, 1.165) is 10.9 Å². The largest absolute Gasteiger partial charge is 0.399 e. The summed E-state index contributed by atoms with van der Waals surface area (Å²) < 4.78 is 1.68. The van der Waals surface area contributed by atoms with E-state index in [4.69, 9.17) is 11.0 Å². The highest BCUT2D eigenvalue weighted by Gasteiger charge is 2.09. The Kier molecular flexibility index (Phi) is 2.21. The van der Waals surface area contributed by atoms with Gasteiger partial charge in [-0.25, -0.2) is 9.67 Å². The molecule has 2 N–H and O–H groups in total. The topological polar surface area (TPSA) is 80.5 Å². The fourth-order valence-electron chi connectivity index (χ4n) is 1.88. The molecule has 0 bridgehead atoms. The Balaban J connectivity index is 2.32. The molecule has 2 aromatic heterocycles. The molecule has 0 aliphatic rings. The molecule has 0 aliphatic carbocycles. The van der Waals surface area contributed by atoms with Crippen molar-refractivity contribution in [3.05, 3.63) is 48.4 Å². The number of aromatic nitrogens is 3. The number of rotatable bonds is 1. The van der Waals surface area contributed by atoms with Crippen LogP contribution in [-0.4, -0.2) is 14.8 Å². The number of nitrogens with two attached hydrogens (primary N) is 1. The number of pyridine rings is 1. The van der Waals surface area contributed by atoms with Crippen LogP contribution in [0, 0.1) is 11.3 Å². The number of anilines is 1. The van der Waals surface area contributed by atoms with Gasteiger partial charge in [-0.3, -0.25) is 0 Å². The second kappa shape index (κ2) is 3.86. The molecule has 0 saturated heterocycles. The second-order valence-corrected chi connectivity index (χ2v) is 3.86. The van der Waals surface area contributed by atoms with Crippen molar-refractivity contribution < 1.29 is 0 Å². The highest BCUT2D eigenvalue weighted by atomic mass is 15.3. The van der Waals surface area contributed by atoms with Crippen LogP contribution < -0.4 is 5.73 Å². The molecule has 2 heterocycles. The van der Waals surface area contributed by atoms with E-state index in [9.17, 15) is 0 Å². The van der Waals surface area contributed by atoms with E-state index in [0.29, 0.717) is 17.1 Å². The van der Waals surface area contributed by atoms with Crippen molar-refractivity contribution in [2.75, 3.05) is 5.73 Å². The number of hydrogen-bond acceptors (Lipinski definition) is 4. The van der Waals surface area contributed by atoms with Gasteiger partial charge in [-0.05, 0) is 30.3 Å². The van der Waals surface area contributed by atoms with Crippen LogP contribution in [0.15, 0.2) is 42.7 Å². The predicted molar refractivity (Wildman–Crippen MR) is 68.0 cm³/mol. The van der Waals surface area contributed by atoms with Crippen LogP contribution in [0.5, 0.6) is 0 Å². The smallest absolute Gasteiger partial charge is 0.166 e. The summed E-state index contributed by atoms with van der Waals surface area (Å²) in [5, 5.41) is 14.3. The van der Waals surface area contributed by atoms with E-state index in [2.05, 4.69) is 16.2 Å². The van der Waals surface area contributed by atoms with Crippen molar-refractivity contribution in [3.63, 3.8) is 0 Å². The number of nitrogens with zero attached hydrogens (tertiary/aromatic N) is 4. The fraction of sp³-hybridized carbons (Fsp3) is 0. The molecule has 0 saturated carbocycles. The van der Waals surface area contributed by atoms with E-state index in [1.807, 2.05) is 18.2 Å². The van der Waals surface area contributed by atoms with E-state index in [-0.39, 0.29) is 0 Å². The maximum absolute atomic E-state index is 9.07. The first-order valence-electron chi connectivity index (χ1n) is 5.38. The summed E-state index contributed by atoms with van der Waals surface area (Å²) in [6.45, 7) is 0. The average Bonchev–Trinajstić information content (AvgIpc) is 2.81. The maximum atomic E-state index is 9.07. The third-order valence-corrected chi connectivity index (χ3v) is 2.72. The van der Waals surface area contributed by atoms with Gasteiger partial charge in [-0.2, -0.15) is 10.4 Å². The van der Waals surface area contributed by atoms with E-state index >= 15 is 0 Å². The van der Waals surface area contributed by atoms with Crippen molar-refractivity contribution in [1.29, 1.82) is 5.26 Å². The summed E-state index contributed by atoms with van der Waals surface area (Å²) in [5.41, 5.74) is 8.29. The summed E-state index contributed by atoms with van der Waals surface area (Å²) in [6.07, 6.45) is 3.32. The van der Waals surface area contributed by atoms with Crippen LogP contribution >= 0.6 is 0 Å². The van der Waals surface area contributed by atoms with Crippen molar-refractivity contribution >= 4 is 16.6 Å². The predicted octanol–water partition coefficient (Wildman–Crippen LogP) is 1.87. The summed E-state index contributed by atoms with van der Waals surface area (Å²) in [7, 11) is 0. The molecule has 1 aromatic carbocycles.